The average Bonchev–Trinajstić information content (AvgIpc) is 2.32. The second-order valence-corrected chi connectivity index (χ2v) is 4.74. The molecule has 1 heterocycles. The van der Waals surface area contributed by atoms with Crippen LogP contribution >= 0.6 is 0 Å². The molecule has 1 aliphatic rings. The highest BCUT2D eigenvalue weighted by molar-refractivity contribution is 5.64. The van der Waals surface area contributed by atoms with Crippen LogP contribution in [0.15, 0.2) is 18.2 Å². The molecule has 1 aromatic carbocycles. The van der Waals surface area contributed by atoms with E-state index in [9.17, 15) is 14.5 Å². The summed E-state index contributed by atoms with van der Waals surface area (Å²) in [6.45, 7) is 3.24. The van der Waals surface area contributed by atoms with Crippen molar-refractivity contribution in [2.45, 2.75) is 19.4 Å². The molecule has 6 heteroatoms. The summed E-state index contributed by atoms with van der Waals surface area (Å²) in [6, 6.07) is 4.30. The topological polar surface area (TPSA) is 72.4 Å². The van der Waals surface area contributed by atoms with E-state index in [1.807, 2.05) is 11.8 Å². The maximum Gasteiger partial charge on any atom is 0.327 e. The lowest BCUT2D eigenvalue weighted by Gasteiger charge is -2.36. The van der Waals surface area contributed by atoms with E-state index in [4.69, 9.17) is 5.73 Å². The predicted molar refractivity (Wildman–Crippen MR) is 67.0 cm³/mol. The van der Waals surface area contributed by atoms with Crippen LogP contribution in [0.3, 0.4) is 0 Å². The number of piperidine rings is 1. The number of para-hydroxylation sites is 1. The van der Waals surface area contributed by atoms with Crippen LogP contribution in [0.4, 0.5) is 15.8 Å². The van der Waals surface area contributed by atoms with Crippen LogP contribution in [0, 0.1) is 21.8 Å². The monoisotopic (exact) mass is 253 g/mol. The second kappa shape index (κ2) is 4.89. The van der Waals surface area contributed by atoms with Crippen molar-refractivity contribution in [3.63, 3.8) is 0 Å². The number of halogens is 1. The third kappa shape index (κ3) is 2.28. The summed E-state index contributed by atoms with van der Waals surface area (Å²) in [7, 11) is 0. The maximum atomic E-state index is 13.5. The van der Waals surface area contributed by atoms with Gasteiger partial charge in [0.15, 0.2) is 0 Å². The summed E-state index contributed by atoms with van der Waals surface area (Å²) in [5, 5.41) is 10.9. The van der Waals surface area contributed by atoms with E-state index in [1.54, 1.807) is 6.07 Å². The number of nitrogens with zero attached hydrogens (tertiary/aromatic N) is 2. The summed E-state index contributed by atoms with van der Waals surface area (Å²) in [4.78, 5) is 12.1. The van der Waals surface area contributed by atoms with Crippen molar-refractivity contribution in [2.75, 3.05) is 18.0 Å². The van der Waals surface area contributed by atoms with Crippen molar-refractivity contribution < 1.29 is 9.31 Å². The van der Waals surface area contributed by atoms with Crippen LogP contribution in [-0.4, -0.2) is 24.1 Å². The standard InChI is InChI=1S/C12H16FN3O2/c1-8-7-15(6-5-10(8)14)11-4-2-3-9(13)12(11)16(17)18/h2-4,8,10H,5-7,14H2,1H3. The van der Waals surface area contributed by atoms with Gasteiger partial charge in [-0.1, -0.05) is 13.0 Å². The zero-order valence-corrected chi connectivity index (χ0v) is 10.2. The van der Waals surface area contributed by atoms with Gasteiger partial charge in [0, 0.05) is 19.1 Å². The van der Waals surface area contributed by atoms with Gasteiger partial charge in [-0.2, -0.15) is 4.39 Å². The van der Waals surface area contributed by atoms with Gasteiger partial charge in [-0.05, 0) is 24.5 Å². The first-order valence-corrected chi connectivity index (χ1v) is 5.94. The Morgan fingerprint density at radius 2 is 2.28 bits per heavy atom. The number of anilines is 1. The Kier molecular flexibility index (Phi) is 3.47. The summed E-state index contributed by atoms with van der Waals surface area (Å²) in [5.74, 6) is -0.554. The van der Waals surface area contributed by atoms with Crippen molar-refractivity contribution in [1.82, 2.24) is 0 Å². The number of nitrogens with two attached hydrogens (primary N) is 1. The lowest BCUT2D eigenvalue weighted by Crippen LogP contribution is -2.46. The molecule has 98 valence electrons. The number of benzene rings is 1. The van der Waals surface area contributed by atoms with Gasteiger partial charge in [0.1, 0.15) is 5.69 Å². The van der Waals surface area contributed by atoms with Gasteiger partial charge in [-0.25, -0.2) is 0 Å². The smallest absolute Gasteiger partial charge is 0.327 e. The van der Waals surface area contributed by atoms with Crippen LogP contribution in [0.1, 0.15) is 13.3 Å². The molecule has 1 aliphatic heterocycles. The Labute approximate surface area is 105 Å². The maximum absolute atomic E-state index is 13.5. The fourth-order valence-corrected chi connectivity index (χ4v) is 2.32. The molecule has 0 saturated carbocycles. The van der Waals surface area contributed by atoms with Crippen LogP contribution in [0.2, 0.25) is 0 Å². The van der Waals surface area contributed by atoms with Crippen LogP contribution in [0.5, 0.6) is 0 Å². The molecule has 2 unspecified atom stereocenters. The van der Waals surface area contributed by atoms with Gasteiger partial charge in [-0.3, -0.25) is 10.1 Å². The molecule has 5 nitrogen and oxygen atoms in total. The first-order valence-electron chi connectivity index (χ1n) is 5.94. The highest BCUT2D eigenvalue weighted by Crippen LogP contribution is 2.33. The predicted octanol–water partition coefficient (Wildman–Crippen LogP) is 1.91. The highest BCUT2D eigenvalue weighted by atomic mass is 19.1. The lowest BCUT2D eigenvalue weighted by atomic mass is 9.94. The number of nitro groups is 1. The van der Waals surface area contributed by atoms with Crippen molar-refractivity contribution in [3.05, 3.63) is 34.1 Å². The zero-order valence-electron chi connectivity index (χ0n) is 10.2. The molecule has 0 radical (unpaired) electrons. The molecule has 1 aromatic rings. The summed E-state index contributed by atoms with van der Waals surface area (Å²) in [6.07, 6.45) is 0.759. The van der Waals surface area contributed by atoms with Crippen LogP contribution in [-0.2, 0) is 0 Å². The molecule has 2 N–H and O–H groups in total. The van der Waals surface area contributed by atoms with Crippen LogP contribution < -0.4 is 10.6 Å². The third-order valence-corrected chi connectivity index (χ3v) is 3.46. The Morgan fingerprint density at radius 1 is 1.56 bits per heavy atom. The minimum atomic E-state index is -0.792. The first-order chi connectivity index (χ1) is 8.50. The SMILES string of the molecule is CC1CN(c2cccc(F)c2[N+](=O)[O-])CCC1N. The number of hydrogen-bond acceptors (Lipinski definition) is 4. The Hall–Kier alpha value is -1.69. The zero-order chi connectivity index (χ0) is 13.3. The van der Waals surface area contributed by atoms with Crippen molar-refractivity contribution in [2.24, 2.45) is 11.7 Å². The molecule has 0 amide bonds. The van der Waals surface area contributed by atoms with E-state index in [0.717, 1.165) is 12.5 Å². The average molecular weight is 253 g/mol. The van der Waals surface area contributed by atoms with E-state index in [2.05, 4.69) is 0 Å². The molecule has 0 spiro atoms. The van der Waals surface area contributed by atoms with E-state index in [-0.39, 0.29) is 12.0 Å². The van der Waals surface area contributed by atoms with E-state index in [1.165, 1.54) is 6.07 Å². The molecule has 0 aromatic heterocycles. The van der Waals surface area contributed by atoms with Crippen molar-refractivity contribution in [1.29, 1.82) is 0 Å². The Morgan fingerprint density at radius 3 is 2.89 bits per heavy atom. The van der Waals surface area contributed by atoms with Gasteiger partial charge in [0.2, 0.25) is 5.82 Å². The molecule has 0 aliphatic carbocycles. The molecule has 1 fully saturated rings. The Balaban J connectivity index is 2.34. The molecule has 2 rings (SSSR count). The number of hydrogen-bond donors (Lipinski definition) is 1. The molecular weight excluding hydrogens is 237 g/mol. The fourth-order valence-electron chi connectivity index (χ4n) is 2.32. The highest BCUT2D eigenvalue weighted by Gasteiger charge is 2.29. The molecule has 2 atom stereocenters. The minimum Gasteiger partial charge on any atom is -0.366 e. The first kappa shape index (κ1) is 12.8. The van der Waals surface area contributed by atoms with Crippen molar-refractivity contribution >= 4 is 11.4 Å². The van der Waals surface area contributed by atoms with E-state index < -0.39 is 16.4 Å². The van der Waals surface area contributed by atoms with Gasteiger partial charge in [-0.15, -0.1) is 0 Å². The molecule has 0 bridgehead atoms. The lowest BCUT2D eigenvalue weighted by molar-refractivity contribution is -0.386. The minimum absolute atomic E-state index is 0.105. The van der Waals surface area contributed by atoms with Gasteiger partial charge < -0.3 is 10.6 Å². The summed E-state index contributed by atoms with van der Waals surface area (Å²) in [5.41, 5.74) is 5.81. The van der Waals surface area contributed by atoms with Crippen LogP contribution in [0.25, 0.3) is 0 Å². The van der Waals surface area contributed by atoms with Crippen molar-refractivity contribution in [3.8, 4) is 0 Å². The second-order valence-electron chi connectivity index (χ2n) is 4.74. The van der Waals surface area contributed by atoms with E-state index >= 15 is 0 Å². The molecule has 1 saturated heterocycles. The quantitative estimate of drug-likeness (QED) is 0.645. The van der Waals surface area contributed by atoms with E-state index in [0.29, 0.717) is 18.8 Å². The Bertz CT molecular complexity index is 467. The normalized spacial score (nSPS) is 24.1. The van der Waals surface area contributed by atoms with Gasteiger partial charge >= 0.3 is 5.69 Å². The number of nitro benzene ring substituents is 1. The third-order valence-electron chi connectivity index (χ3n) is 3.46. The molecule has 18 heavy (non-hydrogen) atoms. The summed E-state index contributed by atoms with van der Waals surface area (Å²) >= 11 is 0. The van der Waals surface area contributed by atoms with Gasteiger partial charge in [0.25, 0.3) is 0 Å². The number of rotatable bonds is 2. The summed E-state index contributed by atoms with van der Waals surface area (Å²) < 4.78 is 13.5. The molecular formula is C12H16FN3O2. The van der Waals surface area contributed by atoms with Gasteiger partial charge in [0.05, 0.1) is 4.92 Å². The fraction of sp³-hybridized carbons (Fsp3) is 0.500. The largest absolute Gasteiger partial charge is 0.366 e.